The molecule has 0 aromatic carbocycles. The summed E-state index contributed by atoms with van der Waals surface area (Å²) >= 11 is 3.39. The van der Waals surface area contributed by atoms with E-state index in [1.807, 2.05) is 0 Å². The molecule has 0 saturated heterocycles. The molecule has 0 unspecified atom stereocenters. The summed E-state index contributed by atoms with van der Waals surface area (Å²) in [6, 6.07) is 0. The van der Waals surface area contributed by atoms with Gasteiger partial charge in [0.15, 0.2) is 0 Å². The Labute approximate surface area is 88.5 Å². The normalized spacial score (nSPS) is 22.9. The smallest absolute Gasteiger partial charge is 0.209 e. The molecule has 0 radical (unpaired) electrons. The average Bonchev–Trinajstić information content (AvgIpc) is 2.03. The van der Waals surface area contributed by atoms with Crippen LogP contribution in [0.25, 0.3) is 0 Å². The Morgan fingerprint density at radius 3 is 2.23 bits per heavy atom. The fraction of sp³-hybridized carbons (Fsp3) is 1.00. The van der Waals surface area contributed by atoms with Crippen molar-refractivity contribution in [2.45, 2.75) is 37.6 Å². The van der Waals surface area contributed by atoms with Crippen LogP contribution in [0.15, 0.2) is 0 Å². The lowest BCUT2D eigenvalue weighted by molar-refractivity contribution is 0.302. The van der Waals surface area contributed by atoms with Gasteiger partial charge in [0.2, 0.25) is 10.0 Å². The first-order valence-electron chi connectivity index (χ1n) is 4.52. The van der Waals surface area contributed by atoms with Crippen molar-refractivity contribution in [3.63, 3.8) is 0 Å². The van der Waals surface area contributed by atoms with Crippen LogP contribution in [-0.2, 0) is 10.0 Å². The van der Waals surface area contributed by atoms with Crippen molar-refractivity contribution in [1.29, 1.82) is 0 Å². The zero-order valence-electron chi connectivity index (χ0n) is 7.85. The molecule has 0 aliphatic heterocycles. The predicted octanol–water partition coefficient (Wildman–Crippen LogP) is 1.63. The van der Waals surface area contributed by atoms with Gasteiger partial charge in [-0.3, -0.25) is 0 Å². The van der Waals surface area contributed by atoms with Crippen LogP contribution in [0.3, 0.4) is 0 Å². The van der Waals surface area contributed by atoms with Gasteiger partial charge in [-0.2, -0.15) is 0 Å². The summed E-state index contributed by atoms with van der Waals surface area (Å²) in [6.07, 6.45) is 6.59. The lowest BCUT2D eigenvalue weighted by atomic mass is 9.84. The van der Waals surface area contributed by atoms with E-state index >= 15 is 0 Å². The summed E-state index contributed by atoms with van der Waals surface area (Å²) in [5, 5.41) is 0.715. The lowest BCUT2D eigenvalue weighted by Crippen LogP contribution is -2.50. The number of hydrogen-bond donors (Lipinski definition) is 1. The molecule has 1 aliphatic rings. The minimum Gasteiger partial charge on any atom is -0.213 e. The molecule has 1 saturated carbocycles. The van der Waals surface area contributed by atoms with Crippen molar-refractivity contribution >= 4 is 26.0 Å². The number of halogens is 1. The zero-order chi connectivity index (χ0) is 9.95. The molecule has 0 heterocycles. The van der Waals surface area contributed by atoms with E-state index in [1.54, 1.807) is 0 Å². The van der Waals surface area contributed by atoms with Gasteiger partial charge < -0.3 is 0 Å². The molecular weight excluding hydrogens is 254 g/mol. The zero-order valence-corrected chi connectivity index (χ0v) is 10.2. The Balaban J connectivity index is 2.68. The maximum absolute atomic E-state index is 11.1. The van der Waals surface area contributed by atoms with Gasteiger partial charge in [0.25, 0.3) is 0 Å². The van der Waals surface area contributed by atoms with Gasteiger partial charge in [-0.1, -0.05) is 35.2 Å². The number of alkyl halides is 1. The third-order valence-corrected chi connectivity index (χ3v) is 4.35. The molecule has 5 heteroatoms. The van der Waals surface area contributed by atoms with Crippen LogP contribution in [0.2, 0.25) is 0 Å². The highest BCUT2D eigenvalue weighted by atomic mass is 79.9. The molecule has 3 nitrogen and oxygen atoms in total. The molecule has 0 atom stereocenters. The van der Waals surface area contributed by atoms with Crippen molar-refractivity contribution in [2.24, 2.45) is 0 Å². The highest BCUT2D eigenvalue weighted by Crippen LogP contribution is 2.30. The number of rotatable bonds is 3. The third kappa shape index (κ3) is 3.56. The van der Waals surface area contributed by atoms with Crippen LogP contribution in [0, 0.1) is 0 Å². The summed E-state index contributed by atoms with van der Waals surface area (Å²) in [7, 11) is -3.07. The van der Waals surface area contributed by atoms with Crippen LogP contribution >= 0.6 is 15.9 Å². The van der Waals surface area contributed by atoms with Gasteiger partial charge in [0, 0.05) is 10.9 Å². The lowest BCUT2D eigenvalue weighted by Gasteiger charge is -2.35. The minimum atomic E-state index is -3.07. The van der Waals surface area contributed by atoms with Gasteiger partial charge in [0.05, 0.1) is 6.26 Å². The van der Waals surface area contributed by atoms with E-state index in [1.165, 1.54) is 12.7 Å². The van der Waals surface area contributed by atoms with E-state index in [0.717, 1.165) is 25.7 Å². The molecule has 13 heavy (non-hydrogen) atoms. The fourth-order valence-electron chi connectivity index (χ4n) is 1.88. The Morgan fingerprint density at radius 1 is 1.31 bits per heavy atom. The highest BCUT2D eigenvalue weighted by Gasteiger charge is 2.33. The fourth-order valence-corrected chi connectivity index (χ4v) is 3.83. The van der Waals surface area contributed by atoms with Crippen LogP contribution in [0.5, 0.6) is 0 Å². The van der Waals surface area contributed by atoms with E-state index in [2.05, 4.69) is 20.7 Å². The van der Waals surface area contributed by atoms with Gasteiger partial charge in [-0.05, 0) is 12.8 Å². The van der Waals surface area contributed by atoms with Crippen molar-refractivity contribution in [3.8, 4) is 0 Å². The second kappa shape index (κ2) is 4.28. The largest absolute Gasteiger partial charge is 0.213 e. The molecule has 78 valence electrons. The van der Waals surface area contributed by atoms with Crippen molar-refractivity contribution in [3.05, 3.63) is 0 Å². The molecule has 1 aliphatic carbocycles. The Kier molecular flexibility index (Phi) is 3.77. The molecule has 1 N–H and O–H groups in total. The Morgan fingerprint density at radius 2 is 1.85 bits per heavy atom. The predicted molar refractivity (Wildman–Crippen MR) is 57.6 cm³/mol. The number of sulfonamides is 1. The van der Waals surface area contributed by atoms with Gasteiger partial charge >= 0.3 is 0 Å². The maximum Gasteiger partial charge on any atom is 0.209 e. The first kappa shape index (κ1) is 11.5. The summed E-state index contributed by atoms with van der Waals surface area (Å²) in [5.74, 6) is 0. The van der Waals surface area contributed by atoms with Gasteiger partial charge in [-0.25, -0.2) is 13.1 Å². The van der Waals surface area contributed by atoms with E-state index in [-0.39, 0.29) is 5.54 Å². The summed E-state index contributed by atoms with van der Waals surface area (Å²) in [4.78, 5) is 0. The Bertz CT molecular complexity index is 257. The molecule has 0 spiro atoms. The monoisotopic (exact) mass is 269 g/mol. The number of hydrogen-bond acceptors (Lipinski definition) is 2. The standard InChI is InChI=1S/C8H16BrNO2S/c1-13(11,12)10-8(7-9)5-3-2-4-6-8/h10H,2-7H2,1H3. The van der Waals surface area contributed by atoms with E-state index < -0.39 is 10.0 Å². The van der Waals surface area contributed by atoms with Crippen molar-refractivity contribution in [1.82, 2.24) is 4.72 Å². The second-order valence-electron chi connectivity index (χ2n) is 3.85. The second-order valence-corrected chi connectivity index (χ2v) is 6.16. The quantitative estimate of drug-likeness (QED) is 0.792. The maximum atomic E-state index is 11.1. The molecule has 0 aromatic rings. The van der Waals surface area contributed by atoms with Crippen LogP contribution in [0.4, 0.5) is 0 Å². The third-order valence-electron chi connectivity index (χ3n) is 2.47. The number of nitrogens with one attached hydrogen (secondary N) is 1. The SMILES string of the molecule is CS(=O)(=O)NC1(CBr)CCCCC1. The topological polar surface area (TPSA) is 46.2 Å². The van der Waals surface area contributed by atoms with Crippen LogP contribution in [0.1, 0.15) is 32.1 Å². The highest BCUT2D eigenvalue weighted by molar-refractivity contribution is 9.09. The van der Waals surface area contributed by atoms with Gasteiger partial charge in [-0.15, -0.1) is 0 Å². The van der Waals surface area contributed by atoms with E-state index in [9.17, 15) is 8.42 Å². The summed E-state index contributed by atoms with van der Waals surface area (Å²) < 4.78 is 25.0. The molecule has 0 bridgehead atoms. The van der Waals surface area contributed by atoms with Crippen molar-refractivity contribution < 1.29 is 8.42 Å². The minimum absolute atomic E-state index is 0.216. The molecule has 0 amide bonds. The van der Waals surface area contributed by atoms with Crippen LogP contribution < -0.4 is 4.72 Å². The average molecular weight is 270 g/mol. The molecule has 0 aromatic heterocycles. The Hall–Kier alpha value is 0.390. The first-order chi connectivity index (χ1) is 5.97. The van der Waals surface area contributed by atoms with E-state index in [4.69, 9.17) is 0 Å². The first-order valence-corrected chi connectivity index (χ1v) is 7.54. The molecule has 1 rings (SSSR count). The summed E-state index contributed by atoms with van der Waals surface area (Å²) in [5.41, 5.74) is -0.216. The molecule has 1 fully saturated rings. The van der Waals surface area contributed by atoms with Crippen LogP contribution in [-0.4, -0.2) is 25.5 Å². The van der Waals surface area contributed by atoms with E-state index in [0.29, 0.717) is 5.33 Å². The molecular formula is C8H16BrNO2S. The van der Waals surface area contributed by atoms with Crippen molar-refractivity contribution in [2.75, 3.05) is 11.6 Å². The summed E-state index contributed by atoms with van der Waals surface area (Å²) in [6.45, 7) is 0. The van der Waals surface area contributed by atoms with Gasteiger partial charge in [0.1, 0.15) is 0 Å².